The summed E-state index contributed by atoms with van der Waals surface area (Å²) in [6.07, 6.45) is 29.1. The second-order valence-electron chi connectivity index (χ2n) is 11.3. The Hall–Kier alpha value is -0.120. The molecule has 0 aromatic heterocycles. The second kappa shape index (κ2) is 18.2. The molecule has 0 aromatic carbocycles. The molecule has 2 heterocycles. The van der Waals surface area contributed by atoms with Crippen molar-refractivity contribution in [1.82, 2.24) is 0 Å². The first-order chi connectivity index (χ1) is 16.1. The Morgan fingerprint density at radius 1 is 0.576 bits per heavy atom. The van der Waals surface area contributed by atoms with Crippen LogP contribution >= 0.6 is 0 Å². The molecule has 2 rings (SSSR count). The highest BCUT2D eigenvalue weighted by Crippen LogP contribution is 2.27. The molecule has 0 spiro atoms. The standard InChI is InChI=1S/C30H58O3/c1-5-7-11-17-27(19-13-9-15-21-29-23-25(3)31-29)33-28(18-12-8-6-2)20-14-10-16-22-30-24-26(4)32-30/h25-30H,5-24H2,1-4H3. The van der Waals surface area contributed by atoms with Gasteiger partial charge >= 0.3 is 0 Å². The average Bonchev–Trinajstić information content (AvgIpc) is 2.75. The van der Waals surface area contributed by atoms with E-state index in [9.17, 15) is 0 Å². The Morgan fingerprint density at radius 3 is 1.27 bits per heavy atom. The van der Waals surface area contributed by atoms with E-state index in [0.29, 0.717) is 36.6 Å². The lowest BCUT2D eigenvalue weighted by Crippen LogP contribution is -2.34. The van der Waals surface area contributed by atoms with E-state index in [4.69, 9.17) is 14.2 Å². The Labute approximate surface area is 207 Å². The lowest BCUT2D eigenvalue weighted by molar-refractivity contribution is -0.117. The molecule has 2 fully saturated rings. The number of hydrogen-bond donors (Lipinski definition) is 0. The number of hydrogen-bond acceptors (Lipinski definition) is 3. The summed E-state index contributed by atoms with van der Waals surface area (Å²) in [5.74, 6) is 0. The lowest BCUT2D eigenvalue weighted by atomic mass is 9.97. The third kappa shape index (κ3) is 13.5. The topological polar surface area (TPSA) is 27.7 Å². The van der Waals surface area contributed by atoms with Crippen LogP contribution in [0.1, 0.15) is 156 Å². The summed E-state index contributed by atoms with van der Waals surface area (Å²) in [6.45, 7) is 8.99. The maximum Gasteiger partial charge on any atom is 0.0603 e. The molecule has 0 aliphatic carbocycles. The average molecular weight is 467 g/mol. The van der Waals surface area contributed by atoms with E-state index in [1.807, 2.05) is 0 Å². The van der Waals surface area contributed by atoms with Gasteiger partial charge in [0, 0.05) is 0 Å². The Balaban J connectivity index is 1.66. The predicted octanol–water partition coefficient (Wildman–Crippen LogP) is 9.16. The summed E-state index contributed by atoms with van der Waals surface area (Å²) >= 11 is 0. The highest BCUT2D eigenvalue weighted by Gasteiger charge is 2.26. The van der Waals surface area contributed by atoms with Gasteiger partial charge in [0.05, 0.1) is 36.6 Å². The van der Waals surface area contributed by atoms with Gasteiger partial charge in [-0.05, 0) is 65.2 Å². The zero-order valence-electron chi connectivity index (χ0n) is 22.8. The van der Waals surface area contributed by atoms with Crippen LogP contribution in [0.4, 0.5) is 0 Å². The Kier molecular flexibility index (Phi) is 16.0. The molecule has 0 N–H and O–H groups in total. The minimum atomic E-state index is 0.480. The molecule has 3 nitrogen and oxygen atoms in total. The molecule has 3 heteroatoms. The molecule has 0 saturated carbocycles. The van der Waals surface area contributed by atoms with Crippen LogP contribution in [-0.2, 0) is 14.2 Å². The summed E-state index contributed by atoms with van der Waals surface area (Å²) in [5, 5.41) is 0. The molecule has 2 aliphatic rings. The van der Waals surface area contributed by atoms with Crippen LogP contribution in [0, 0.1) is 0 Å². The van der Waals surface area contributed by atoms with Gasteiger partial charge < -0.3 is 14.2 Å². The quantitative estimate of drug-likeness (QED) is 0.149. The molecule has 0 aromatic rings. The monoisotopic (exact) mass is 466 g/mol. The highest BCUT2D eigenvalue weighted by atomic mass is 16.5. The third-order valence-electron chi connectivity index (χ3n) is 7.79. The van der Waals surface area contributed by atoms with Crippen LogP contribution in [0.3, 0.4) is 0 Å². The fraction of sp³-hybridized carbons (Fsp3) is 1.00. The third-order valence-corrected chi connectivity index (χ3v) is 7.79. The second-order valence-corrected chi connectivity index (χ2v) is 11.3. The van der Waals surface area contributed by atoms with Gasteiger partial charge in [-0.25, -0.2) is 0 Å². The first-order valence-electron chi connectivity index (χ1n) is 15.1. The molecule has 0 amide bonds. The lowest BCUT2D eigenvalue weighted by Gasteiger charge is -2.33. The number of rotatable bonds is 22. The largest absolute Gasteiger partial charge is 0.375 e. The summed E-state index contributed by atoms with van der Waals surface area (Å²) in [4.78, 5) is 0. The summed E-state index contributed by atoms with van der Waals surface area (Å²) in [7, 11) is 0. The Bertz CT molecular complexity index is 402. The molecular weight excluding hydrogens is 408 g/mol. The zero-order chi connectivity index (χ0) is 23.7. The van der Waals surface area contributed by atoms with Gasteiger partial charge in [-0.2, -0.15) is 0 Å². The molecule has 2 saturated heterocycles. The van der Waals surface area contributed by atoms with Gasteiger partial charge in [-0.1, -0.05) is 90.9 Å². The van der Waals surface area contributed by atoms with E-state index < -0.39 is 0 Å². The van der Waals surface area contributed by atoms with Crippen molar-refractivity contribution >= 4 is 0 Å². The normalized spacial score (nSPS) is 26.5. The van der Waals surface area contributed by atoms with Gasteiger partial charge in [0.1, 0.15) is 0 Å². The van der Waals surface area contributed by atoms with Crippen LogP contribution in [-0.4, -0.2) is 36.6 Å². The first-order valence-corrected chi connectivity index (χ1v) is 15.1. The minimum Gasteiger partial charge on any atom is -0.375 e. The zero-order valence-corrected chi connectivity index (χ0v) is 22.8. The number of ether oxygens (including phenoxy) is 3. The van der Waals surface area contributed by atoms with Crippen molar-refractivity contribution in [3.8, 4) is 0 Å². The molecular formula is C30H58O3. The summed E-state index contributed by atoms with van der Waals surface area (Å²) < 4.78 is 18.4. The smallest absolute Gasteiger partial charge is 0.0603 e. The molecule has 33 heavy (non-hydrogen) atoms. The molecule has 0 bridgehead atoms. The van der Waals surface area contributed by atoms with Crippen molar-refractivity contribution in [3.63, 3.8) is 0 Å². The predicted molar refractivity (Wildman–Crippen MR) is 141 cm³/mol. The molecule has 196 valence electrons. The van der Waals surface area contributed by atoms with Gasteiger partial charge in [0.25, 0.3) is 0 Å². The van der Waals surface area contributed by atoms with Crippen LogP contribution < -0.4 is 0 Å². The van der Waals surface area contributed by atoms with E-state index in [2.05, 4.69) is 27.7 Å². The van der Waals surface area contributed by atoms with Gasteiger partial charge in [0.15, 0.2) is 0 Å². The van der Waals surface area contributed by atoms with Crippen molar-refractivity contribution in [2.75, 3.05) is 0 Å². The van der Waals surface area contributed by atoms with Crippen molar-refractivity contribution < 1.29 is 14.2 Å². The van der Waals surface area contributed by atoms with Crippen molar-refractivity contribution in [1.29, 1.82) is 0 Å². The van der Waals surface area contributed by atoms with E-state index >= 15 is 0 Å². The fourth-order valence-corrected chi connectivity index (χ4v) is 5.67. The fourth-order valence-electron chi connectivity index (χ4n) is 5.67. The molecule has 2 aliphatic heterocycles. The van der Waals surface area contributed by atoms with Crippen LogP contribution in [0.15, 0.2) is 0 Å². The van der Waals surface area contributed by atoms with Crippen LogP contribution in [0.5, 0.6) is 0 Å². The van der Waals surface area contributed by atoms with Crippen LogP contribution in [0.25, 0.3) is 0 Å². The summed E-state index contributed by atoms with van der Waals surface area (Å²) in [6, 6.07) is 0. The molecule has 0 radical (unpaired) electrons. The summed E-state index contributed by atoms with van der Waals surface area (Å²) in [5.41, 5.74) is 0. The van der Waals surface area contributed by atoms with Crippen molar-refractivity contribution in [3.05, 3.63) is 0 Å². The maximum absolute atomic E-state index is 6.84. The maximum atomic E-state index is 6.84. The van der Waals surface area contributed by atoms with E-state index in [-0.39, 0.29) is 0 Å². The Morgan fingerprint density at radius 2 is 0.939 bits per heavy atom. The SMILES string of the molecule is CCCCCC(CCCCCC1CC(C)O1)OC(CCCCC)CCCCCC1CC(C)O1. The number of unbranched alkanes of at least 4 members (excludes halogenated alkanes) is 8. The van der Waals surface area contributed by atoms with Gasteiger partial charge in [-0.3, -0.25) is 0 Å². The van der Waals surface area contributed by atoms with E-state index in [1.54, 1.807) is 0 Å². The van der Waals surface area contributed by atoms with Crippen molar-refractivity contribution in [2.24, 2.45) is 0 Å². The van der Waals surface area contributed by atoms with E-state index in [1.165, 1.54) is 128 Å². The van der Waals surface area contributed by atoms with Crippen molar-refractivity contribution in [2.45, 2.75) is 193 Å². The van der Waals surface area contributed by atoms with Gasteiger partial charge in [-0.15, -0.1) is 0 Å². The first kappa shape index (κ1) is 29.1. The molecule has 6 unspecified atom stereocenters. The molecule has 6 atom stereocenters. The van der Waals surface area contributed by atoms with Crippen LogP contribution in [0.2, 0.25) is 0 Å². The minimum absolute atomic E-state index is 0.480. The van der Waals surface area contributed by atoms with Gasteiger partial charge in [0.2, 0.25) is 0 Å². The highest BCUT2D eigenvalue weighted by molar-refractivity contribution is 4.75. The van der Waals surface area contributed by atoms with E-state index in [0.717, 1.165) is 0 Å².